The lowest BCUT2D eigenvalue weighted by atomic mass is 9.90. The first-order chi connectivity index (χ1) is 6.66. The maximum atomic E-state index is 9.10. The van der Waals surface area contributed by atoms with Crippen molar-refractivity contribution in [3.8, 4) is 0 Å². The van der Waals surface area contributed by atoms with Crippen molar-refractivity contribution in [3.63, 3.8) is 0 Å². The van der Waals surface area contributed by atoms with E-state index in [0.717, 1.165) is 0 Å². The third kappa shape index (κ3) is 29.2. The molecule has 4 N–H and O–H groups in total. The standard InChI is InChI=1S/C6H14O2.C4H12Si.BH2O2/c1-5(2,7)6(3,4)8;1-5(2,3)4;2-1-3/h7-8H,1-4H3;1-4H3;2-3H. The molecule has 0 unspecified atom stereocenters. The second-order valence-corrected chi connectivity index (χ2v) is 12.2. The molecule has 0 heterocycles. The first kappa shape index (κ1) is 21.4. The van der Waals surface area contributed by atoms with E-state index in [9.17, 15) is 0 Å². The molecule has 0 saturated carbocycles. The summed E-state index contributed by atoms with van der Waals surface area (Å²) in [6.45, 7) is 15.6. The lowest BCUT2D eigenvalue weighted by Crippen LogP contribution is -2.44. The molecule has 0 aliphatic carbocycles. The quantitative estimate of drug-likeness (QED) is 0.524. The van der Waals surface area contributed by atoms with Crippen LogP contribution in [-0.2, 0) is 0 Å². The van der Waals surface area contributed by atoms with Crippen molar-refractivity contribution in [2.75, 3.05) is 0 Å². The monoisotopic (exact) mass is 251 g/mol. The second-order valence-electron chi connectivity index (χ2n) is 6.23. The number of hydrogen-bond donors (Lipinski definition) is 4. The van der Waals surface area contributed by atoms with E-state index in [1.165, 1.54) is 0 Å². The van der Waals surface area contributed by atoms with Crippen LogP contribution in [0.25, 0.3) is 0 Å². The van der Waals surface area contributed by atoms with Crippen molar-refractivity contribution in [3.05, 3.63) is 0 Å². The molecule has 0 aromatic heterocycles. The summed E-state index contributed by atoms with van der Waals surface area (Å²) in [6.07, 6.45) is 0. The maximum absolute atomic E-state index is 9.10. The van der Waals surface area contributed by atoms with Crippen LogP contribution < -0.4 is 0 Å². The van der Waals surface area contributed by atoms with Gasteiger partial charge >= 0.3 is 7.69 Å². The average molecular weight is 251 g/mol. The fourth-order valence-corrected chi connectivity index (χ4v) is 0. The Morgan fingerprint density at radius 2 is 0.812 bits per heavy atom. The molecule has 0 aliphatic heterocycles. The average Bonchev–Trinajstić information content (AvgIpc) is 1.78. The molecule has 0 atom stereocenters. The van der Waals surface area contributed by atoms with E-state index < -0.39 is 19.3 Å². The predicted molar refractivity (Wildman–Crippen MR) is 72.0 cm³/mol. The zero-order chi connectivity index (χ0) is 14.2. The third-order valence-corrected chi connectivity index (χ3v) is 1.50. The Morgan fingerprint density at radius 1 is 0.750 bits per heavy atom. The zero-order valence-corrected chi connectivity index (χ0v) is 12.9. The molecule has 0 saturated heterocycles. The van der Waals surface area contributed by atoms with Crippen LogP contribution in [0.4, 0.5) is 0 Å². The molecule has 1 radical (unpaired) electrons. The van der Waals surface area contributed by atoms with Crippen LogP contribution in [0.15, 0.2) is 0 Å². The van der Waals surface area contributed by atoms with Gasteiger partial charge in [0.25, 0.3) is 0 Å². The van der Waals surface area contributed by atoms with Gasteiger partial charge in [-0.1, -0.05) is 26.2 Å². The predicted octanol–water partition coefficient (Wildman–Crippen LogP) is 0.988. The highest BCUT2D eigenvalue weighted by atomic mass is 28.3. The van der Waals surface area contributed by atoms with Gasteiger partial charge in [-0.15, -0.1) is 0 Å². The summed E-state index contributed by atoms with van der Waals surface area (Å²) in [7, 11) is -0.611. The minimum atomic E-state index is -1.01. The van der Waals surface area contributed by atoms with Gasteiger partial charge in [-0.2, -0.15) is 0 Å². The molecule has 0 rings (SSSR count). The summed E-state index contributed by atoms with van der Waals surface area (Å²) in [5, 5.41) is 32.2. The Bertz CT molecular complexity index is 138. The Hall–Kier alpha value is 0.122. The van der Waals surface area contributed by atoms with Gasteiger partial charge in [0.2, 0.25) is 0 Å². The minimum Gasteiger partial charge on any atom is -0.429 e. The summed E-state index contributed by atoms with van der Waals surface area (Å²) in [6, 6.07) is 0. The topological polar surface area (TPSA) is 80.9 Å². The summed E-state index contributed by atoms with van der Waals surface area (Å²) in [5.41, 5.74) is -2.01. The SMILES string of the molecule is CC(C)(O)C(C)(C)O.C[Si](C)(C)C.O[B]O. The van der Waals surface area contributed by atoms with E-state index in [4.69, 9.17) is 20.3 Å². The highest BCUT2D eigenvalue weighted by molar-refractivity contribution is 6.74. The van der Waals surface area contributed by atoms with Crippen LogP contribution in [0.1, 0.15) is 27.7 Å². The van der Waals surface area contributed by atoms with Gasteiger partial charge in [-0.25, -0.2) is 0 Å². The van der Waals surface area contributed by atoms with E-state index in [0.29, 0.717) is 0 Å². The van der Waals surface area contributed by atoms with Crippen molar-refractivity contribution in [1.29, 1.82) is 0 Å². The largest absolute Gasteiger partial charge is 0.482 e. The Labute approximate surface area is 102 Å². The third-order valence-electron chi connectivity index (χ3n) is 1.50. The molecular formula is C10H28BO4Si. The van der Waals surface area contributed by atoms with Crippen LogP contribution >= 0.6 is 0 Å². The van der Waals surface area contributed by atoms with E-state index >= 15 is 0 Å². The molecule has 0 fully saturated rings. The number of rotatable bonds is 1. The molecule has 16 heavy (non-hydrogen) atoms. The molecule has 6 heteroatoms. The Kier molecular flexibility index (Phi) is 11.0. The fourth-order valence-electron chi connectivity index (χ4n) is 0. The van der Waals surface area contributed by atoms with E-state index in [1.807, 2.05) is 0 Å². The van der Waals surface area contributed by atoms with E-state index in [2.05, 4.69) is 26.2 Å². The van der Waals surface area contributed by atoms with Gasteiger partial charge in [-0.3, -0.25) is 0 Å². The van der Waals surface area contributed by atoms with Crippen molar-refractivity contribution in [2.24, 2.45) is 0 Å². The Balaban J connectivity index is -0.000000181. The molecule has 0 aliphatic rings. The minimum absolute atomic E-state index is 0. The summed E-state index contributed by atoms with van der Waals surface area (Å²) in [5.74, 6) is 0. The van der Waals surface area contributed by atoms with Gasteiger partial charge < -0.3 is 20.3 Å². The van der Waals surface area contributed by atoms with E-state index in [1.54, 1.807) is 27.7 Å². The van der Waals surface area contributed by atoms with Crippen molar-refractivity contribution in [2.45, 2.75) is 65.1 Å². The van der Waals surface area contributed by atoms with Crippen molar-refractivity contribution < 1.29 is 20.3 Å². The molecule has 0 aromatic carbocycles. The van der Waals surface area contributed by atoms with Crippen LogP contribution in [0.5, 0.6) is 0 Å². The lowest BCUT2D eigenvalue weighted by Gasteiger charge is -2.31. The van der Waals surface area contributed by atoms with Crippen LogP contribution in [0.2, 0.25) is 26.2 Å². The summed E-state index contributed by atoms with van der Waals surface area (Å²) in [4.78, 5) is 0. The summed E-state index contributed by atoms with van der Waals surface area (Å²) < 4.78 is 0. The first-order valence-electron chi connectivity index (χ1n) is 5.21. The van der Waals surface area contributed by atoms with Gasteiger partial charge in [-0.05, 0) is 27.7 Å². The number of aliphatic hydroxyl groups is 2. The fraction of sp³-hybridized carbons (Fsp3) is 1.00. The van der Waals surface area contributed by atoms with Crippen molar-refractivity contribution in [1.82, 2.24) is 0 Å². The van der Waals surface area contributed by atoms with Gasteiger partial charge in [0, 0.05) is 8.07 Å². The Morgan fingerprint density at radius 3 is 0.812 bits per heavy atom. The van der Waals surface area contributed by atoms with Crippen LogP contribution in [0, 0.1) is 0 Å². The normalized spacial score (nSPS) is 11.8. The second kappa shape index (κ2) is 8.25. The number of hydrogen-bond acceptors (Lipinski definition) is 4. The molecule has 0 aromatic rings. The van der Waals surface area contributed by atoms with Gasteiger partial charge in [0.1, 0.15) is 0 Å². The van der Waals surface area contributed by atoms with Gasteiger partial charge in [0.15, 0.2) is 0 Å². The highest BCUT2D eigenvalue weighted by Gasteiger charge is 2.31. The molecule has 0 bridgehead atoms. The van der Waals surface area contributed by atoms with Gasteiger partial charge in [0.05, 0.1) is 11.2 Å². The van der Waals surface area contributed by atoms with Crippen LogP contribution in [-0.4, -0.2) is 47.2 Å². The smallest absolute Gasteiger partial charge is 0.429 e. The van der Waals surface area contributed by atoms with E-state index in [-0.39, 0.29) is 7.69 Å². The first-order valence-corrected chi connectivity index (χ1v) is 9.21. The maximum Gasteiger partial charge on any atom is 0.482 e. The molecule has 0 spiro atoms. The molecule has 0 amide bonds. The molecule has 99 valence electrons. The molecular weight excluding hydrogens is 223 g/mol. The van der Waals surface area contributed by atoms with Crippen LogP contribution in [0.3, 0.4) is 0 Å². The highest BCUT2D eigenvalue weighted by Crippen LogP contribution is 2.19. The lowest BCUT2D eigenvalue weighted by molar-refractivity contribution is -0.107. The van der Waals surface area contributed by atoms with Crippen molar-refractivity contribution >= 4 is 15.8 Å². The zero-order valence-electron chi connectivity index (χ0n) is 11.9. The summed E-state index contributed by atoms with van der Waals surface area (Å²) >= 11 is 0. The molecule has 4 nitrogen and oxygen atoms in total.